The number of hydrogen-bond acceptors (Lipinski definition) is 3. The zero-order valence-corrected chi connectivity index (χ0v) is 18.7. The summed E-state index contributed by atoms with van der Waals surface area (Å²) in [6.45, 7) is 8.75. The van der Waals surface area contributed by atoms with Crippen LogP contribution in [-0.2, 0) is 20.9 Å². The number of carbonyl (C=O) groups is 3. The molecule has 31 heavy (non-hydrogen) atoms. The SMILES string of the molecule is Cc1cccc(N2CC(C(=O)NCc3cccc(NC(=O)CC(C)C)c3)CC2=O)c1C. The van der Waals surface area contributed by atoms with Crippen molar-refractivity contribution < 1.29 is 14.4 Å². The van der Waals surface area contributed by atoms with E-state index < -0.39 is 0 Å². The van der Waals surface area contributed by atoms with Crippen molar-refractivity contribution in [3.05, 3.63) is 59.2 Å². The van der Waals surface area contributed by atoms with Gasteiger partial charge in [-0.2, -0.15) is 0 Å². The normalized spacial score (nSPS) is 16.0. The van der Waals surface area contributed by atoms with E-state index in [-0.39, 0.29) is 30.1 Å². The molecule has 1 aliphatic rings. The quantitative estimate of drug-likeness (QED) is 0.710. The Hall–Kier alpha value is -3.15. The molecule has 0 saturated carbocycles. The Morgan fingerprint density at radius 3 is 2.61 bits per heavy atom. The number of benzene rings is 2. The molecule has 3 amide bonds. The summed E-state index contributed by atoms with van der Waals surface area (Å²) >= 11 is 0. The molecule has 0 aliphatic carbocycles. The monoisotopic (exact) mass is 421 g/mol. The van der Waals surface area contributed by atoms with Crippen molar-refractivity contribution >= 4 is 29.1 Å². The summed E-state index contributed by atoms with van der Waals surface area (Å²) in [4.78, 5) is 39.0. The second-order valence-electron chi connectivity index (χ2n) is 8.69. The molecule has 1 fully saturated rings. The van der Waals surface area contributed by atoms with Gasteiger partial charge < -0.3 is 15.5 Å². The molecule has 1 atom stereocenters. The van der Waals surface area contributed by atoms with Crippen LogP contribution < -0.4 is 15.5 Å². The van der Waals surface area contributed by atoms with Crippen molar-refractivity contribution in [2.45, 2.75) is 47.1 Å². The Bertz CT molecular complexity index is 984. The average molecular weight is 422 g/mol. The van der Waals surface area contributed by atoms with Crippen LogP contribution in [0.5, 0.6) is 0 Å². The van der Waals surface area contributed by atoms with Crippen LogP contribution >= 0.6 is 0 Å². The molecule has 1 unspecified atom stereocenters. The zero-order valence-electron chi connectivity index (χ0n) is 18.7. The number of aryl methyl sites for hydroxylation is 1. The van der Waals surface area contributed by atoms with Gasteiger partial charge >= 0.3 is 0 Å². The molecule has 2 aromatic rings. The van der Waals surface area contributed by atoms with Gasteiger partial charge in [-0.15, -0.1) is 0 Å². The van der Waals surface area contributed by atoms with E-state index in [1.165, 1.54) is 0 Å². The van der Waals surface area contributed by atoms with Gasteiger partial charge in [0.25, 0.3) is 0 Å². The molecule has 6 heteroatoms. The van der Waals surface area contributed by atoms with Crippen LogP contribution in [-0.4, -0.2) is 24.3 Å². The molecule has 1 heterocycles. The Balaban J connectivity index is 1.58. The lowest BCUT2D eigenvalue weighted by molar-refractivity contribution is -0.126. The maximum absolute atomic E-state index is 12.7. The first-order valence-electron chi connectivity index (χ1n) is 10.8. The summed E-state index contributed by atoms with van der Waals surface area (Å²) in [5.74, 6) is -0.257. The number of amides is 3. The van der Waals surface area contributed by atoms with E-state index >= 15 is 0 Å². The molecule has 0 bridgehead atoms. The second kappa shape index (κ2) is 9.77. The minimum Gasteiger partial charge on any atom is -0.352 e. The van der Waals surface area contributed by atoms with Crippen molar-refractivity contribution in [2.75, 3.05) is 16.8 Å². The molecule has 164 valence electrons. The van der Waals surface area contributed by atoms with Crippen LogP contribution in [0.15, 0.2) is 42.5 Å². The number of rotatable bonds is 7. The van der Waals surface area contributed by atoms with Gasteiger partial charge in [0.1, 0.15) is 0 Å². The van der Waals surface area contributed by atoms with Gasteiger partial charge in [0, 0.05) is 37.3 Å². The summed E-state index contributed by atoms with van der Waals surface area (Å²) in [6.07, 6.45) is 0.679. The highest BCUT2D eigenvalue weighted by molar-refractivity contribution is 6.01. The van der Waals surface area contributed by atoms with E-state index in [4.69, 9.17) is 0 Å². The van der Waals surface area contributed by atoms with Crippen LogP contribution in [0.2, 0.25) is 0 Å². The maximum atomic E-state index is 12.7. The Kier molecular flexibility index (Phi) is 7.10. The average Bonchev–Trinajstić information content (AvgIpc) is 3.09. The van der Waals surface area contributed by atoms with Gasteiger partial charge in [0.2, 0.25) is 17.7 Å². The molecule has 2 N–H and O–H groups in total. The lowest BCUT2D eigenvalue weighted by Gasteiger charge is -2.20. The van der Waals surface area contributed by atoms with Gasteiger partial charge in [-0.25, -0.2) is 0 Å². The maximum Gasteiger partial charge on any atom is 0.227 e. The summed E-state index contributed by atoms with van der Waals surface area (Å²) < 4.78 is 0. The van der Waals surface area contributed by atoms with Crippen molar-refractivity contribution in [2.24, 2.45) is 11.8 Å². The molecule has 3 rings (SSSR count). The highest BCUT2D eigenvalue weighted by Crippen LogP contribution is 2.29. The molecule has 1 aliphatic heterocycles. The van der Waals surface area contributed by atoms with E-state index in [1.807, 2.05) is 70.2 Å². The van der Waals surface area contributed by atoms with Gasteiger partial charge in [0.15, 0.2) is 0 Å². The van der Waals surface area contributed by atoms with Crippen LogP contribution in [0, 0.1) is 25.7 Å². The van der Waals surface area contributed by atoms with E-state index in [9.17, 15) is 14.4 Å². The fourth-order valence-corrected chi connectivity index (χ4v) is 3.82. The molecular formula is C25H31N3O3. The number of nitrogens with zero attached hydrogens (tertiary/aromatic N) is 1. The lowest BCUT2D eigenvalue weighted by atomic mass is 10.1. The molecular weight excluding hydrogens is 390 g/mol. The molecule has 6 nitrogen and oxygen atoms in total. The third kappa shape index (κ3) is 5.72. The van der Waals surface area contributed by atoms with E-state index in [0.29, 0.717) is 25.4 Å². The number of anilines is 2. The predicted octanol–water partition coefficient (Wildman–Crippen LogP) is 3.96. The van der Waals surface area contributed by atoms with E-state index in [0.717, 1.165) is 28.1 Å². The third-order valence-corrected chi connectivity index (χ3v) is 5.63. The van der Waals surface area contributed by atoms with Gasteiger partial charge in [0.05, 0.1) is 5.92 Å². The van der Waals surface area contributed by atoms with Crippen molar-refractivity contribution in [1.82, 2.24) is 5.32 Å². The molecule has 0 radical (unpaired) electrons. The Morgan fingerprint density at radius 2 is 1.87 bits per heavy atom. The predicted molar refractivity (Wildman–Crippen MR) is 123 cm³/mol. The largest absolute Gasteiger partial charge is 0.352 e. The van der Waals surface area contributed by atoms with Gasteiger partial charge in [-0.3, -0.25) is 14.4 Å². The number of nitrogens with one attached hydrogen (secondary N) is 2. The summed E-state index contributed by atoms with van der Waals surface area (Å²) in [5.41, 5.74) is 4.68. The smallest absolute Gasteiger partial charge is 0.227 e. The highest BCUT2D eigenvalue weighted by Gasteiger charge is 2.35. The summed E-state index contributed by atoms with van der Waals surface area (Å²) in [7, 11) is 0. The fraction of sp³-hybridized carbons (Fsp3) is 0.400. The first-order chi connectivity index (χ1) is 14.7. The summed E-state index contributed by atoms with van der Waals surface area (Å²) in [6, 6.07) is 13.3. The van der Waals surface area contributed by atoms with Gasteiger partial charge in [-0.05, 0) is 54.7 Å². The van der Waals surface area contributed by atoms with Crippen molar-refractivity contribution in [1.29, 1.82) is 0 Å². The Morgan fingerprint density at radius 1 is 1.13 bits per heavy atom. The fourth-order valence-electron chi connectivity index (χ4n) is 3.82. The third-order valence-electron chi connectivity index (χ3n) is 5.63. The molecule has 2 aromatic carbocycles. The topological polar surface area (TPSA) is 78.5 Å². The minimum absolute atomic E-state index is 0.0211. The first-order valence-corrected chi connectivity index (χ1v) is 10.8. The van der Waals surface area contributed by atoms with Crippen LogP contribution in [0.1, 0.15) is 43.4 Å². The van der Waals surface area contributed by atoms with Crippen LogP contribution in [0.3, 0.4) is 0 Å². The van der Waals surface area contributed by atoms with Crippen LogP contribution in [0.4, 0.5) is 11.4 Å². The number of hydrogen-bond donors (Lipinski definition) is 2. The Labute approximate surface area is 184 Å². The summed E-state index contributed by atoms with van der Waals surface area (Å²) in [5, 5.41) is 5.83. The van der Waals surface area contributed by atoms with Gasteiger partial charge in [-0.1, -0.05) is 38.1 Å². The van der Waals surface area contributed by atoms with E-state index in [1.54, 1.807) is 4.90 Å². The minimum atomic E-state index is -0.374. The van der Waals surface area contributed by atoms with Crippen molar-refractivity contribution in [3.8, 4) is 0 Å². The highest BCUT2D eigenvalue weighted by atomic mass is 16.2. The zero-order chi connectivity index (χ0) is 22.5. The standard InChI is InChI=1S/C25H31N3O3/c1-16(2)11-23(29)27-21-9-6-8-19(12-21)14-26-25(31)20-13-24(30)28(15-20)22-10-5-7-17(3)18(22)4/h5-10,12,16,20H,11,13-15H2,1-4H3,(H,26,31)(H,27,29). The number of carbonyl (C=O) groups excluding carboxylic acids is 3. The molecule has 0 aromatic heterocycles. The molecule has 1 saturated heterocycles. The van der Waals surface area contributed by atoms with Crippen LogP contribution in [0.25, 0.3) is 0 Å². The second-order valence-corrected chi connectivity index (χ2v) is 8.69. The van der Waals surface area contributed by atoms with Crippen molar-refractivity contribution in [3.63, 3.8) is 0 Å². The van der Waals surface area contributed by atoms with E-state index in [2.05, 4.69) is 10.6 Å². The molecule has 0 spiro atoms. The lowest BCUT2D eigenvalue weighted by Crippen LogP contribution is -2.32. The first kappa shape index (κ1) is 22.5.